The highest BCUT2D eigenvalue weighted by atomic mass is 79.9. The molecule has 1 aliphatic rings. The van der Waals surface area contributed by atoms with Gasteiger partial charge in [-0.25, -0.2) is 4.79 Å². The highest BCUT2D eigenvalue weighted by Gasteiger charge is 2.15. The van der Waals surface area contributed by atoms with Gasteiger partial charge in [0.15, 0.2) is 0 Å². The monoisotopic (exact) mass is 344 g/mol. The van der Waals surface area contributed by atoms with Gasteiger partial charge in [-0.05, 0) is 58.0 Å². The van der Waals surface area contributed by atoms with Gasteiger partial charge in [-0.1, -0.05) is 6.07 Å². The van der Waals surface area contributed by atoms with Crippen LogP contribution in [0.4, 0.5) is 4.79 Å². The van der Waals surface area contributed by atoms with Crippen LogP contribution in [0.1, 0.15) is 18.4 Å². The summed E-state index contributed by atoms with van der Waals surface area (Å²) in [5, 5.41) is 15.2. The number of amides is 2. The first kappa shape index (κ1) is 14.5. The maximum atomic E-state index is 11.7. The minimum atomic E-state index is -0.124. The molecular formula is C13H17BrN2O2S. The zero-order valence-corrected chi connectivity index (χ0v) is 12.9. The van der Waals surface area contributed by atoms with Crippen LogP contribution in [0.2, 0.25) is 0 Å². The van der Waals surface area contributed by atoms with Crippen LogP contribution in [-0.2, 0) is 6.54 Å². The van der Waals surface area contributed by atoms with Crippen molar-refractivity contribution in [3.8, 4) is 5.75 Å². The number of halogens is 1. The maximum Gasteiger partial charge on any atom is 0.315 e. The standard InChI is InChI=1S/C13H17BrN2O2S/c14-11-7-9(1-2-12(11)17)8-15-13(18)16-10-3-5-19-6-4-10/h1-2,7,10,17H,3-6,8H2,(H2,15,16,18). The molecule has 0 spiro atoms. The van der Waals surface area contributed by atoms with Crippen molar-refractivity contribution in [3.05, 3.63) is 28.2 Å². The van der Waals surface area contributed by atoms with Crippen molar-refractivity contribution in [1.82, 2.24) is 10.6 Å². The van der Waals surface area contributed by atoms with Crippen LogP contribution in [0, 0.1) is 0 Å². The van der Waals surface area contributed by atoms with Gasteiger partial charge in [-0.3, -0.25) is 0 Å². The predicted molar refractivity (Wildman–Crippen MR) is 81.5 cm³/mol. The Balaban J connectivity index is 1.77. The Hall–Kier alpha value is -0.880. The van der Waals surface area contributed by atoms with E-state index in [1.165, 1.54) is 0 Å². The van der Waals surface area contributed by atoms with Gasteiger partial charge in [-0.2, -0.15) is 11.8 Å². The Kier molecular flexibility index (Phi) is 5.39. The zero-order chi connectivity index (χ0) is 13.7. The molecule has 4 nitrogen and oxygen atoms in total. The third-order valence-corrected chi connectivity index (χ3v) is 4.71. The molecule has 1 fully saturated rings. The predicted octanol–water partition coefficient (Wildman–Crippen LogP) is 2.85. The third kappa shape index (κ3) is 4.62. The van der Waals surface area contributed by atoms with Crippen molar-refractivity contribution in [3.63, 3.8) is 0 Å². The summed E-state index contributed by atoms with van der Waals surface area (Å²) in [6, 6.07) is 5.37. The molecule has 6 heteroatoms. The van der Waals surface area contributed by atoms with Gasteiger partial charge < -0.3 is 15.7 Å². The number of rotatable bonds is 3. The number of aromatic hydroxyl groups is 1. The summed E-state index contributed by atoms with van der Waals surface area (Å²) >= 11 is 5.19. The number of phenolic OH excluding ortho intramolecular Hbond substituents is 1. The number of urea groups is 1. The van der Waals surface area contributed by atoms with E-state index in [0.717, 1.165) is 29.9 Å². The largest absolute Gasteiger partial charge is 0.507 e. The molecule has 1 aliphatic heterocycles. The van der Waals surface area contributed by atoms with E-state index >= 15 is 0 Å². The Morgan fingerprint density at radius 3 is 2.84 bits per heavy atom. The molecule has 3 N–H and O–H groups in total. The molecule has 2 amide bonds. The Labute approximate surface area is 125 Å². The topological polar surface area (TPSA) is 61.4 Å². The Bertz CT molecular complexity index is 450. The summed E-state index contributed by atoms with van der Waals surface area (Å²) in [6.07, 6.45) is 2.09. The van der Waals surface area contributed by atoms with Gasteiger partial charge >= 0.3 is 6.03 Å². The van der Waals surface area contributed by atoms with E-state index in [4.69, 9.17) is 0 Å². The van der Waals surface area contributed by atoms with E-state index in [0.29, 0.717) is 17.1 Å². The molecule has 0 atom stereocenters. The summed E-state index contributed by atoms with van der Waals surface area (Å²) in [7, 11) is 0. The summed E-state index contributed by atoms with van der Waals surface area (Å²) in [5.74, 6) is 2.44. The van der Waals surface area contributed by atoms with Crippen molar-refractivity contribution in [2.75, 3.05) is 11.5 Å². The molecule has 2 rings (SSSR count). The van der Waals surface area contributed by atoms with Crippen molar-refractivity contribution in [1.29, 1.82) is 0 Å². The highest BCUT2D eigenvalue weighted by Crippen LogP contribution is 2.24. The molecule has 0 saturated carbocycles. The lowest BCUT2D eigenvalue weighted by atomic mass is 10.1. The minimum absolute atomic E-state index is 0.124. The second-order valence-corrected chi connectivity index (χ2v) is 6.58. The lowest BCUT2D eigenvalue weighted by Crippen LogP contribution is -2.43. The molecule has 0 bridgehead atoms. The third-order valence-electron chi connectivity index (χ3n) is 3.02. The van der Waals surface area contributed by atoms with Crippen LogP contribution in [-0.4, -0.2) is 28.7 Å². The van der Waals surface area contributed by atoms with E-state index in [-0.39, 0.29) is 11.8 Å². The number of benzene rings is 1. The van der Waals surface area contributed by atoms with Crippen LogP contribution in [0.3, 0.4) is 0 Å². The fraction of sp³-hybridized carbons (Fsp3) is 0.462. The lowest BCUT2D eigenvalue weighted by Gasteiger charge is -2.22. The molecule has 1 saturated heterocycles. The van der Waals surface area contributed by atoms with Gasteiger partial charge in [0.1, 0.15) is 5.75 Å². The fourth-order valence-corrected chi connectivity index (χ4v) is 3.45. The zero-order valence-electron chi connectivity index (χ0n) is 10.5. The maximum absolute atomic E-state index is 11.7. The molecule has 1 aromatic carbocycles. The van der Waals surface area contributed by atoms with Crippen LogP contribution in [0.15, 0.2) is 22.7 Å². The Morgan fingerprint density at radius 2 is 2.16 bits per heavy atom. The molecule has 0 aliphatic carbocycles. The van der Waals surface area contributed by atoms with Gasteiger partial charge in [0.25, 0.3) is 0 Å². The number of hydrogen-bond donors (Lipinski definition) is 3. The van der Waals surface area contributed by atoms with Gasteiger partial charge in [0.05, 0.1) is 4.47 Å². The summed E-state index contributed by atoms with van der Waals surface area (Å²) in [5.41, 5.74) is 0.944. The van der Waals surface area contributed by atoms with E-state index in [2.05, 4.69) is 26.6 Å². The molecule has 1 aromatic rings. The highest BCUT2D eigenvalue weighted by molar-refractivity contribution is 9.10. The number of thioether (sulfide) groups is 1. The van der Waals surface area contributed by atoms with Crippen molar-refractivity contribution in [2.45, 2.75) is 25.4 Å². The summed E-state index contributed by atoms with van der Waals surface area (Å²) in [6.45, 7) is 0.451. The van der Waals surface area contributed by atoms with Crippen molar-refractivity contribution in [2.24, 2.45) is 0 Å². The smallest absolute Gasteiger partial charge is 0.315 e. The molecule has 1 heterocycles. The van der Waals surface area contributed by atoms with Crippen LogP contribution in [0.25, 0.3) is 0 Å². The lowest BCUT2D eigenvalue weighted by molar-refractivity contribution is 0.235. The van der Waals surface area contributed by atoms with E-state index in [9.17, 15) is 9.90 Å². The number of hydrogen-bond acceptors (Lipinski definition) is 3. The van der Waals surface area contributed by atoms with Crippen molar-refractivity contribution >= 4 is 33.7 Å². The molecule has 0 aromatic heterocycles. The normalized spacial score (nSPS) is 16.1. The number of carbonyl (C=O) groups is 1. The fourth-order valence-electron chi connectivity index (χ4n) is 1.92. The average Bonchev–Trinajstić information content (AvgIpc) is 2.41. The molecule has 19 heavy (non-hydrogen) atoms. The van der Waals surface area contributed by atoms with Crippen molar-refractivity contribution < 1.29 is 9.90 Å². The van der Waals surface area contributed by atoms with E-state index < -0.39 is 0 Å². The first-order chi connectivity index (χ1) is 9.15. The Morgan fingerprint density at radius 1 is 1.42 bits per heavy atom. The molecular weight excluding hydrogens is 328 g/mol. The van der Waals surface area contributed by atoms with E-state index in [1.807, 2.05) is 11.8 Å². The molecule has 104 valence electrons. The van der Waals surface area contributed by atoms with Gasteiger partial charge in [0, 0.05) is 12.6 Å². The molecule has 0 unspecified atom stereocenters. The summed E-state index contributed by atoms with van der Waals surface area (Å²) in [4.78, 5) is 11.7. The van der Waals surface area contributed by atoms with Gasteiger partial charge in [0.2, 0.25) is 0 Å². The summed E-state index contributed by atoms with van der Waals surface area (Å²) < 4.78 is 0.636. The first-order valence-electron chi connectivity index (χ1n) is 6.24. The van der Waals surface area contributed by atoms with Gasteiger partial charge in [-0.15, -0.1) is 0 Å². The number of phenols is 1. The quantitative estimate of drug-likeness (QED) is 0.790. The van der Waals surface area contributed by atoms with E-state index in [1.54, 1.807) is 18.2 Å². The number of carbonyl (C=O) groups excluding carboxylic acids is 1. The minimum Gasteiger partial charge on any atom is -0.507 e. The molecule has 0 radical (unpaired) electrons. The SMILES string of the molecule is O=C(NCc1ccc(O)c(Br)c1)NC1CCSCC1. The second-order valence-electron chi connectivity index (χ2n) is 4.50. The average molecular weight is 345 g/mol. The van der Waals surface area contributed by atoms with Crippen LogP contribution >= 0.6 is 27.7 Å². The number of nitrogens with one attached hydrogen (secondary N) is 2. The second kappa shape index (κ2) is 7.05. The van der Waals surface area contributed by atoms with Crippen LogP contribution < -0.4 is 10.6 Å². The first-order valence-corrected chi connectivity index (χ1v) is 8.19. The van der Waals surface area contributed by atoms with Crippen LogP contribution in [0.5, 0.6) is 5.75 Å².